The van der Waals surface area contributed by atoms with Crippen molar-refractivity contribution in [1.29, 1.82) is 0 Å². The number of benzene rings is 3. The van der Waals surface area contributed by atoms with Crippen molar-refractivity contribution in [2.75, 3.05) is 18.5 Å². The fourth-order valence-electron chi connectivity index (χ4n) is 5.60. The summed E-state index contributed by atoms with van der Waals surface area (Å²) in [6.07, 6.45) is 5.52. The maximum absolute atomic E-state index is 12.6. The number of hydrogen-bond acceptors (Lipinski definition) is 5. The van der Waals surface area contributed by atoms with E-state index in [4.69, 9.17) is 9.47 Å². The Morgan fingerprint density at radius 1 is 0.978 bits per heavy atom. The summed E-state index contributed by atoms with van der Waals surface area (Å²) in [5.41, 5.74) is 4.13. The van der Waals surface area contributed by atoms with Crippen LogP contribution in [0.4, 0.5) is 15.3 Å². The number of nitrogens with one attached hydrogen (secondary N) is 2. The molecule has 0 bridgehead atoms. The molecule has 234 valence electrons. The lowest BCUT2D eigenvalue weighted by molar-refractivity contribution is -0.727. The van der Waals surface area contributed by atoms with Crippen LogP contribution in [0.5, 0.6) is 5.75 Å². The lowest BCUT2D eigenvalue weighted by Gasteiger charge is -2.32. The Labute approximate surface area is 264 Å². The highest BCUT2D eigenvalue weighted by atomic mass is 16.6. The second-order valence-corrected chi connectivity index (χ2v) is 11.7. The zero-order valence-electron chi connectivity index (χ0n) is 25.8. The highest BCUT2D eigenvalue weighted by molar-refractivity contribution is 5.89. The number of carbonyl (C=O) groups is 2. The Morgan fingerprint density at radius 3 is 2.51 bits per heavy atom. The van der Waals surface area contributed by atoms with E-state index in [0.717, 1.165) is 30.6 Å². The molecule has 0 unspecified atom stereocenters. The average molecular weight is 610 g/mol. The molecule has 45 heavy (non-hydrogen) atoms. The number of aliphatic hydroxyl groups is 1. The van der Waals surface area contributed by atoms with Gasteiger partial charge in [0, 0.05) is 30.3 Å². The number of pyridine rings is 1. The van der Waals surface area contributed by atoms with Crippen LogP contribution >= 0.6 is 0 Å². The average Bonchev–Trinajstić information content (AvgIpc) is 3.56. The molecule has 4 aromatic rings. The van der Waals surface area contributed by atoms with Gasteiger partial charge in [0.1, 0.15) is 5.75 Å². The molecule has 3 N–H and O–H groups in total. The molecule has 0 radical (unpaired) electrons. The van der Waals surface area contributed by atoms with Gasteiger partial charge in [-0.1, -0.05) is 54.6 Å². The monoisotopic (exact) mass is 609 g/mol. The molecule has 9 heteroatoms. The van der Waals surface area contributed by atoms with E-state index in [0.29, 0.717) is 25.4 Å². The second-order valence-electron chi connectivity index (χ2n) is 11.7. The summed E-state index contributed by atoms with van der Waals surface area (Å²) < 4.78 is 13.2. The fraction of sp³-hybridized carbons (Fsp3) is 0.306. The third kappa shape index (κ3) is 8.83. The molecule has 5 rings (SSSR count). The number of amides is 3. The van der Waals surface area contributed by atoms with Gasteiger partial charge in [0.2, 0.25) is 0 Å². The van der Waals surface area contributed by atoms with Gasteiger partial charge < -0.3 is 30.1 Å². The normalized spacial score (nSPS) is 14.6. The number of hydrogen-bond donors (Lipinski definition) is 3. The quantitative estimate of drug-likeness (QED) is 0.183. The molecule has 0 aliphatic carbocycles. The van der Waals surface area contributed by atoms with Gasteiger partial charge in [0.15, 0.2) is 12.4 Å². The Balaban J connectivity index is 1.05. The molecule has 2 heterocycles. The number of likely N-dealkylation sites (tertiary alicyclic amines) is 1. The van der Waals surface area contributed by atoms with Crippen molar-refractivity contribution in [3.63, 3.8) is 0 Å². The fourth-order valence-corrected chi connectivity index (χ4v) is 5.60. The standard InChI is InChI=1S/C36H40N4O5/c1-36(2,43)33-15-9-22-40(33)35(42)45-26-39-21-8-10-27(25-39)24-37-34(41)38-30-16-18-31(19-17-30)44-23-20-29-13-6-7-14-32(29)28-11-4-3-5-12-28/h3-8,10-14,16-19,21,25,33,43H,9,15,20,22-24,26H2,1-2H3,(H-,37,38,41)/p+1/t33-/m0/s1. The van der Waals surface area contributed by atoms with Crippen LogP contribution in [0.2, 0.25) is 0 Å². The van der Waals surface area contributed by atoms with Crippen molar-refractivity contribution in [2.45, 2.75) is 58.0 Å². The molecule has 1 saturated heterocycles. The van der Waals surface area contributed by atoms with E-state index in [2.05, 4.69) is 41.0 Å². The number of urea groups is 1. The number of carbonyl (C=O) groups excluding carboxylic acids is 2. The van der Waals surface area contributed by atoms with E-state index in [1.807, 2.05) is 54.7 Å². The largest absolute Gasteiger partial charge is 0.493 e. The predicted molar refractivity (Wildman–Crippen MR) is 173 cm³/mol. The molecular formula is C36H41N4O5+. The first-order valence-corrected chi connectivity index (χ1v) is 15.3. The van der Waals surface area contributed by atoms with E-state index in [-0.39, 0.29) is 18.8 Å². The maximum Gasteiger partial charge on any atom is 0.414 e. The van der Waals surface area contributed by atoms with Crippen LogP contribution < -0.4 is 19.9 Å². The summed E-state index contributed by atoms with van der Waals surface area (Å²) in [5, 5.41) is 16.1. The molecule has 1 atom stereocenters. The smallest absolute Gasteiger partial charge is 0.414 e. The number of nitrogens with zero attached hydrogens (tertiary/aromatic N) is 2. The van der Waals surface area contributed by atoms with E-state index in [1.165, 1.54) is 16.7 Å². The second kappa shape index (κ2) is 14.7. The zero-order chi connectivity index (χ0) is 31.6. The first-order chi connectivity index (χ1) is 21.8. The van der Waals surface area contributed by atoms with Crippen LogP contribution in [-0.2, 0) is 24.4 Å². The van der Waals surface area contributed by atoms with E-state index < -0.39 is 11.7 Å². The zero-order valence-corrected chi connectivity index (χ0v) is 25.8. The molecule has 1 fully saturated rings. The summed E-state index contributed by atoms with van der Waals surface area (Å²) in [6, 6.07) is 29.1. The molecule has 9 nitrogen and oxygen atoms in total. The summed E-state index contributed by atoms with van der Waals surface area (Å²) in [5.74, 6) is 0.730. The van der Waals surface area contributed by atoms with Gasteiger partial charge in [-0.15, -0.1) is 0 Å². The molecular weight excluding hydrogens is 568 g/mol. The number of rotatable bonds is 11. The van der Waals surface area contributed by atoms with Crippen molar-refractivity contribution in [1.82, 2.24) is 10.2 Å². The molecule has 1 aromatic heterocycles. The SMILES string of the molecule is CC(C)(O)[C@@H]1CCCN1C(=O)OC[n+]1cccc(CNC(=O)Nc2ccc(OCCc3ccccc3-c3ccccc3)cc2)c1. The number of anilines is 1. The minimum Gasteiger partial charge on any atom is -0.493 e. The van der Waals surface area contributed by atoms with Crippen LogP contribution in [0.25, 0.3) is 11.1 Å². The molecule has 0 saturated carbocycles. The van der Waals surface area contributed by atoms with Crippen molar-refractivity contribution in [3.8, 4) is 16.9 Å². The minimum atomic E-state index is -0.985. The minimum absolute atomic E-state index is 0.0297. The van der Waals surface area contributed by atoms with Gasteiger partial charge in [0.05, 0.1) is 24.8 Å². The Hall–Kier alpha value is -4.89. The molecule has 3 aromatic carbocycles. The van der Waals surface area contributed by atoms with Gasteiger partial charge in [-0.3, -0.25) is 0 Å². The van der Waals surface area contributed by atoms with Crippen molar-refractivity contribution in [2.24, 2.45) is 0 Å². The number of aromatic nitrogens is 1. The first kappa shape index (κ1) is 31.5. The van der Waals surface area contributed by atoms with Gasteiger partial charge >= 0.3 is 12.1 Å². The Kier molecular flexibility index (Phi) is 10.3. The van der Waals surface area contributed by atoms with Gasteiger partial charge in [-0.25, -0.2) is 9.59 Å². The lowest BCUT2D eigenvalue weighted by atomic mass is 9.97. The first-order valence-electron chi connectivity index (χ1n) is 15.3. The molecule has 1 aliphatic heterocycles. The van der Waals surface area contributed by atoms with Crippen LogP contribution in [-0.4, -0.2) is 46.9 Å². The summed E-state index contributed by atoms with van der Waals surface area (Å²) in [6.45, 7) is 4.85. The third-order valence-electron chi connectivity index (χ3n) is 7.87. The highest BCUT2D eigenvalue weighted by Crippen LogP contribution is 2.27. The topological polar surface area (TPSA) is 104 Å². The molecule has 3 amide bonds. The van der Waals surface area contributed by atoms with E-state index in [9.17, 15) is 14.7 Å². The predicted octanol–water partition coefficient (Wildman–Crippen LogP) is 5.91. The highest BCUT2D eigenvalue weighted by Gasteiger charge is 2.39. The van der Waals surface area contributed by atoms with Crippen LogP contribution in [0.15, 0.2) is 103 Å². The number of ether oxygens (including phenoxy) is 2. The molecule has 0 spiro atoms. The summed E-state index contributed by atoms with van der Waals surface area (Å²) in [4.78, 5) is 26.8. The third-order valence-corrected chi connectivity index (χ3v) is 7.87. The summed E-state index contributed by atoms with van der Waals surface area (Å²) in [7, 11) is 0. The Morgan fingerprint density at radius 2 is 1.73 bits per heavy atom. The van der Waals surface area contributed by atoms with Gasteiger partial charge in [-0.05, 0) is 73.7 Å². The van der Waals surface area contributed by atoms with Crippen LogP contribution in [0.3, 0.4) is 0 Å². The van der Waals surface area contributed by atoms with Crippen LogP contribution in [0, 0.1) is 0 Å². The maximum atomic E-state index is 12.6. The van der Waals surface area contributed by atoms with Crippen molar-refractivity contribution < 1.29 is 28.7 Å². The van der Waals surface area contributed by atoms with E-state index >= 15 is 0 Å². The van der Waals surface area contributed by atoms with Crippen molar-refractivity contribution >= 4 is 17.8 Å². The summed E-state index contributed by atoms with van der Waals surface area (Å²) >= 11 is 0. The van der Waals surface area contributed by atoms with Gasteiger partial charge in [-0.2, -0.15) is 4.57 Å². The van der Waals surface area contributed by atoms with Crippen LogP contribution in [0.1, 0.15) is 37.8 Å². The van der Waals surface area contributed by atoms with Gasteiger partial charge in [0.25, 0.3) is 6.73 Å². The molecule has 1 aliphatic rings. The van der Waals surface area contributed by atoms with Crippen molar-refractivity contribution in [3.05, 3.63) is 115 Å². The Bertz CT molecular complexity index is 1570. The van der Waals surface area contributed by atoms with E-state index in [1.54, 1.807) is 41.6 Å². The lowest BCUT2D eigenvalue weighted by Crippen LogP contribution is -2.49.